The summed E-state index contributed by atoms with van der Waals surface area (Å²) in [6.45, 7) is 3.44. The maximum Gasteiger partial charge on any atom is 0.126 e. The molecule has 2 rings (SSSR count). The fraction of sp³-hybridized carbons (Fsp3) is 0.294. The molecule has 0 radical (unpaired) electrons. The fourth-order valence-electron chi connectivity index (χ4n) is 2.35. The van der Waals surface area contributed by atoms with Gasteiger partial charge >= 0.3 is 0 Å². The number of hydrogen-bond donors (Lipinski definition) is 1. The van der Waals surface area contributed by atoms with Crippen LogP contribution in [0.15, 0.2) is 48.5 Å². The topological polar surface area (TPSA) is 12.0 Å². The highest BCUT2D eigenvalue weighted by atomic mass is 19.1. The minimum atomic E-state index is -0.231. The zero-order chi connectivity index (χ0) is 14.4. The largest absolute Gasteiger partial charge is 0.316 e. The molecular formula is C17H19F2N. The van der Waals surface area contributed by atoms with E-state index in [9.17, 15) is 8.78 Å². The molecule has 0 saturated heterocycles. The van der Waals surface area contributed by atoms with Gasteiger partial charge in [0.15, 0.2) is 0 Å². The van der Waals surface area contributed by atoms with Crippen molar-refractivity contribution in [2.24, 2.45) is 0 Å². The zero-order valence-electron chi connectivity index (χ0n) is 11.6. The molecular weight excluding hydrogens is 256 g/mol. The van der Waals surface area contributed by atoms with Gasteiger partial charge in [-0.05, 0) is 36.2 Å². The second-order valence-electron chi connectivity index (χ2n) is 4.82. The molecule has 1 unspecified atom stereocenters. The van der Waals surface area contributed by atoms with Crippen molar-refractivity contribution in [3.63, 3.8) is 0 Å². The lowest BCUT2D eigenvalue weighted by atomic mass is 9.91. The fourth-order valence-corrected chi connectivity index (χ4v) is 2.35. The maximum atomic E-state index is 13.9. The van der Waals surface area contributed by atoms with Gasteiger partial charge in [-0.3, -0.25) is 0 Å². The van der Waals surface area contributed by atoms with Crippen molar-refractivity contribution in [1.29, 1.82) is 0 Å². The molecule has 0 amide bonds. The summed E-state index contributed by atoms with van der Waals surface area (Å²) in [5.74, 6) is -0.537. The molecule has 20 heavy (non-hydrogen) atoms. The number of rotatable bonds is 6. The third-order valence-corrected chi connectivity index (χ3v) is 3.41. The predicted molar refractivity (Wildman–Crippen MR) is 77.8 cm³/mol. The molecule has 1 N–H and O–H groups in total. The van der Waals surface area contributed by atoms with E-state index < -0.39 is 0 Å². The molecule has 0 bridgehead atoms. The van der Waals surface area contributed by atoms with Gasteiger partial charge < -0.3 is 5.32 Å². The highest BCUT2D eigenvalue weighted by Gasteiger charge is 2.17. The molecule has 3 heteroatoms. The summed E-state index contributed by atoms with van der Waals surface area (Å²) >= 11 is 0. The van der Waals surface area contributed by atoms with Gasteiger partial charge in [-0.25, -0.2) is 8.78 Å². The Hall–Kier alpha value is -1.74. The van der Waals surface area contributed by atoms with E-state index in [1.165, 1.54) is 12.1 Å². The van der Waals surface area contributed by atoms with E-state index in [-0.39, 0.29) is 17.6 Å². The molecule has 2 aromatic rings. The van der Waals surface area contributed by atoms with E-state index >= 15 is 0 Å². The van der Waals surface area contributed by atoms with E-state index in [1.54, 1.807) is 24.3 Å². The van der Waals surface area contributed by atoms with Gasteiger partial charge in [-0.2, -0.15) is 0 Å². The lowest BCUT2D eigenvalue weighted by Gasteiger charge is -2.19. The summed E-state index contributed by atoms with van der Waals surface area (Å²) in [5.41, 5.74) is 1.26. The number of benzene rings is 2. The van der Waals surface area contributed by atoms with Crippen LogP contribution in [0.3, 0.4) is 0 Å². The molecule has 1 nitrogen and oxygen atoms in total. The first-order valence-electron chi connectivity index (χ1n) is 6.91. The number of halogens is 2. The second-order valence-corrected chi connectivity index (χ2v) is 4.82. The molecule has 0 aliphatic carbocycles. The van der Waals surface area contributed by atoms with Crippen molar-refractivity contribution in [1.82, 2.24) is 5.32 Å². The Kier molecular flexibility index (Phi) is 5.24. The molecule has 0 aliphatic rings. The summed E-state index contributed by atoms with van der Waals surface area (Å²) in [4.78, 5) is 0. The molecule has 0 spiro atoms. The van der Waals surface area contributed by atoms with Gasteiger partial charge in [0, 0.05) is 12.5 Å². The van der Waals surface area contributed by atoms with Crippen LogP contribution in [0, 0.1) is 11.6 Å². The summed E-state index contributed by atoms with van der Waals surface area (Å²) in [6.07, 6.45) is 0.487. The van der Waals surface area contributed by atoms with Crippen molar-refractivity contribution in [2.75, 3.05) is 13.1 Å². The van der Waals surface area contributed by atoms with Gasteiger partial charge in [0.1, 0.15) is 11.6 Å². The third kappa shape index (κ3) is 3.64. The van der Waals surface area contributed by atoms with Crippen LogP contribution in [0.2, 0.25) is 0 Å². The SMILES string of the molecule is CCNCC(Cc1ccccc1F)c1ccccc1F. The van der Waals surface area contributed by atoms with Gasteiger partial charge in [0.25, 0.3) is 0 Å². The van der Waals surface area contributed by atoms with Gasteiger partial charge in [0.05, 0.1) is 0 Å². The summed E-state index contributed by atoms with van der Waals surface area (Å²) in [6, 6.07) is 13.4. The van der Waals surface area contributed by atoms with E-state index in [4.69, 9.17) is 0 Å². The van der Waals surface area contributed by atoms with Crippen LogP contribution in [-0.4, -0.2) is 13.1 Å². The molecule has 0 fully saturated rings. The average molecular weight is 275 g/mol. The van der Waals surface area contributed by atoms with Crippen LogP contribution < -0.4 is 5.32 Å². The first-order valence-corrected chi connectivity index (χ1v) is 6.91. The van der Waals surface area contributed by atoms with Crippen molar-refractivity contribution in [3.05, 3.63) is 71.3 Å². The van der Waals surface area contributed by atoms with Crippen LogP contribution in [0.1, 0.15) is 24.0 Å². The molecule has 0 heterocycles. The molecule has 106 valence electrons. The number of hydrogen-bond acceptors (Lipinski definition) is 1. The zero-order valence-corrected chi connectivity index (χ0v) is 11.6. The van der Waals surface area contributed by atoms with Crippen LogP contribution in [0.25, 0.3) is 0 Å². The number of likely N-dealkylation sites (N-methyl/N-ethyl adjacent to an activating group) is 1. The summed E-state index contributed by atoms with van der Waals surface area (Å²) < 4.78 is 27.7. The lowest BCUT2D eigenvalue weighted by molar-refractivity contribution is 0.531. The smallest absolute Gasteiger partial charge is 0.126 e. The Bertz CT molecular complexity index is 554. The Labute approximate surface area is 118 Å². The first-order chi connectivity index (χ1) is 9.72. The molecule has 0 saturated carbocycles. The summed E-state index contributed by atoms with van der Waals surface area (Å²) in [5, 5.41) is 3.22. The molecule has 0 aliphatic heterocycles. The predicted octanol–water partition coefficient (Wildman–Crippen LogP) is 3.90. The molecule has 0 aromatic heterocycles. The second kappa shape index (κ2) is 7.15. The minimum absolute atomic E-state index is 0.0759. The quantitative estimate of drug-likeness (QED) is 0.843. The van der Waals surface area contributed by atoms with Crippen LogP contribution >= 0.6 is 0 Å². The number of nitrogens with one attached hydrogen (secondary N) is 1. The Morgan fingerprint density at radius 1 is 0.950 bits per heavy atom. The van der Waals surface area contributed by atoms with E-state index in [0.29, 0.717) is 24.1 Å². The van der Waals surface area contributed by atoms with Crippen molar-refractivity contribution in [2.45, 2.75) is 19.3 Å². The Morgan fingerprint density at radius 2 is 1.60 bits per heavy atom. The molecule has 1 atom stereocenters. The van der Waals surface area contributed by atoms with Crippen molar-refractivity contribution in [3.8, 4) is 0 Å². The van der Waals surface area contributed by atoms with E-state index in [0.717, 1.165) is 6.54 Å². The highest BCUT2D eigenvalue weighted by molar-refractivity contribution is 5.26. The van der Waals surface area contributed by atoms with Crippen LogP contribution in [0.5, 0.6) is 0 Å². The normalized spacial score (nSPS) is 12.3. The van der Waals surface area contributed by atoms with Crippen LogP contribution in [0.4, 0.5) is 8.78 Å². The average Bonchev–Trinajstić information content (AvgIpc) is 2.46. The molecule has 2 aromatic carbocycles. The standard InChI is InChI=1S/C17H19F2N/c1-2-20-12-14(15-8-4-6-10-17(15)19)11-13-7-3-5-9-16(13)18/h3-10,14,20H,2,11-12H2,1H3. The van der Waals surface area contributed by atoms with Crippen LogP contribution in [-0.2, 0) is 6.42 Å². The monoisotopic (exact) mass is 275 g/mol. The third-order valence-electron chi connectivity index (χ3n) is 3.41. The minimum Gasteiger partial charge on any atom is -0.316 e. The first kappa shape index (κ1) is 14.7. The Morgan fingerprint density at radius 3 is 2.25 bits per heavy atom. The van der Waals surface area contributed by atoms with E-state index in [1.807, 2.05) is 19.1 Å². The van der Waals surface area contributed by atoms with Crippen molar-refractivity contribution < 1.29 is 8.78 Å². The summed E-state index contributed by atoms with van der Waals surface area (Å²) in [7, 11) is 0. The van der Waals surface area contributed by atoms with E-state index in [2.05, 4.69) is 5.32 Å². The lowest BCUT2D eigenvalue weighted by Crippen LogP contribution is -2.23. The van der Waals surface area contributed by atoms with Gasteiger partial charge in [0.2, 0.25) is 0 Å². The van der Waals surface area contributed by atoms with Crippen molar-refractivity contribution >= 4 is 0 Å². The Balaban J connectivity index is 2.24. The van der Waals surface area contributed by atoms with Gasteiger partial charge in [-0.1, -0.05) is 43.3 Å². The maximum absolute atomic E-state index is 13.9. The highest BCUT2D eigenvalue weighted by Crippen LogP contribution is 2.24. The van der Waals surface area contributed by atoms with Gasteiger partial charge in [-0.15, -0.1) is 0 Å².